The first-order valence-electron chi connectivity index (χ1n) is 5.66. The van der Waals surface area contributed by atoms with Gasteiger partial charge in [-0.25, -0.2) is 9.59 Å². The van der Waals surface area contributed by atoms with Crippen molar-refractivity contribution in [2.24, 2.45) is 0 Å². The lowest BCUT2D eigenvalue weighted by atomic mass is 10.3. The molecule has 1 heterocycles. The molecule has 0 saturated carbocycles. The van der Waals surface area contributed by atoms with Gasteiger partial charge in [0.1, 0.15) is 11.5 Å². The smallest absolute Gasteiger partial charge is 0.362 e. The van der Waals surface area contributed by atoms with Crippen molar-refractivity contribution in [1.29, 1.82) is 0 Å². The van der Waals surface area contributed by atoms with Crippen LogP contribution in [0, 0.1) is 0 Å². The molecule has 2 N–H and O–H groups in total. The summed E-state index contributed by atoms with van der Waals surface area (Å²) in [5.41, 5.74) is -2.55. The highest BCUT2D eigenvalue weighted by Crippen LogP contribution is 2.23. The highest BCUT2D eigenvalue weighted by molar-refractivity contribution is 5.84. The van der Waals surface area contributed by atoms with Gasteiger partial charge in [-0.2, -0.15) is 9.78 Å². The summed E-state index contributed by atoms with van der Waals surface area (Å²) >= 11 is 0. The summed E-state index contributed by atoms with van der Waals surface area (Å²) in [4.78, 5) is 35.9. The van der Waals surface area contributed by atoms with Gasteiger partial charge in [0, 0.05) is 18.2 Å². The average Bonchev–Trinajstić information content (AvgIpc) is 2.46. The minimum atomic E-state index is -1.54. The standard InChI is InChI=1S/C12H11N3O6/c1-20-7-3-6(4-8(5-7)21-2)15-12(19)13-10(16)9(14-15)11(17)18/h3-5H,1-2H3,(H,17,18)(H,13,16,19). The largest absolute Gasteiger partial charge is 0.497 e. The lowest BCUT2D eigenvalue weighted by molar-refractivity contribution is 0.0685. The molecule has 110 valence electrons. The third kappa shape index (κ3) is 2.76. The van der Waals surface area contributed by atoms with Crippen LogP contribution in [0.3, 0.4) is 0 Å². The summed E-state index contributed by atoms with van der Waals surface area (Å²) in [5, 5.41) is 12.4. The summed E-state index contributed by atoms with van der Waals surface area (Å²) in [6.45, 7) is 0. The Hall–Kier alpha value is -3.10. The van der Waals surface area contributed by atoms with Gasteiger partial charge in [0.25, 0.3) is 5.56 Å². The Morgan fingerprint density at radius 2 is 1.76 bits per heavy atom. The Kier molecular flexibility index (Phi) is 3.74. The monoisotopic (exact) mass is 293 g/mol. The van der Waals surface area contributed by atoms with Gasteiger partial charge < -0.3 is 14.6 Å². The molecule has 2 rings (SSSR count). The van der Waals surface area contributed by atoms with Crippen molar-refractivity contribution in [2.75, 3.05) is 14.2 Å². The van der Waals surface area contributed by atoms with Crippen molar-refractivity contribution < 1.29 is 19.4 Å². The van der Waals surface area contributed by atoms with Gasteiger partial charge in [0.2, 0.25) is 5.69 Å². The summed E-state index contributed by atoms with van der Waals surface area (Å²) in [6.07, 6.45) is 0. The van der Waals surface area contributed by atoms with Crippen LogP contribution in [0.1, 0.15) is 10.5 Å². The molecule has 1 aromatic heterocycles. The first-order chi connectivity index (χ1) is 9.96. The zero-order chi connectivity index (χ0) is 15.6. The topological polar surface area (TPSA) is 124 Å². The normalized spacial score (nSPS) is 10.2. The van der Waals surface area contributed by atoms with Crippen LogP contribution >= 0.6 is 0 Å². The second kappa shape index (κ2) is 5.49. The molecule has 0 atom stereocenters. The Labute approximate surface area is 117 Å². The van der Waals surface area contributed by atoms with Gasteiger partial charge in [-0.1, -0.05) is 0 Å². The van der Waals surface area contributed by atoms with E-state index in [2.05, 4.69) is 5.10 Å². The number of rotatable bonds is 4. The van der Waals surface area contributed by atoms with E-state index in [1.54, 1.807) is 6.07 Å². The molecule has 0 spiro atoms. The van der Waals surface area contributed by atoms with Crippen molar-refractivity contribution in [1.82, 2.24) is 14.8 Å². The maximum Gasteiger partial charge on any atom is 0.362 e. The summed E-state index contributed by atoms with van der Waals surface area (Å²) in [7, 11) is 2.84. The van der Waals surface area contributed by atoms with Crippen molar-refractivity contribution in [3.8, 4) is 17.2 Å². The number of carboxylic acid groups (broad SMARTS) is 1. The molecule has 0 aliphatic rings. The molecule has 0 fully saturated rings. The summed E-state index contributed by atoms with van der Waals surface area (Å²) < 4.78 is 10.8. The van der Waals surface area contributed by atoms with Crippen LogP contribution in [0.2, 0.25) is 0 Å². The fourth-order valence-electron chi connectivity index (χ4n) is 1.63. The number of aromatic nitrogens is 3. The van der Waals surface area contributed by atoms with Crippen molar-refractivity contribution in [3.63, 3.8) is 0 Å². The number of hydrogen-bond donors (Lipinski definition) is 2. The zero-order valence-electron chi connectivity index (χ0n) is 11.1. The van der Waals surface area contributed by atoms with Gasteiger partial charge in [0.15, 0.2) is 0 Å². The Bertz CT molecular complexity index is 785. The van der Waals surface area contributed by atoms with Crippen LogP contribution in [0.4, 0.5) is 0 Å². The molecule has 0 amide bonds. The minimum absolute atomic E-state index is 0.190. The Morgan fingerprint density at radius 3 is 2.24 bits per heavy atom. The molecular weight excluding hydrogens is 282 g/mol. The van der Waals surface area contributed by atoms with E-state index in [-0.39, 0.29) is 5.69 Å². The average molecular weight is 293 g/mol. The Balaban J connectivity index is 2.72. The first kappa shape index (κ1) is 14.3. The van der Waals surface area contributed by atoms with E-state index in [9.17, 15) is 14.4 Å². The van der Waals surface area contributed by atoms with Crippen molar-refractivity contribution >= 4 is 5.97 Å². The van der Waals surface area contributed by atoms with Crippen molar-refractivity contribution in [3.05, 3.63) is 44.7 Å². The predicted octanol–water partition coefficient (Wildman–Crippen LogP) is -0.364. The molecule has 9 heteroatoms. The molecule has 2 aromatic rings. The van der Waals surface area contributed by atoms with E-state index in [1.165, 1.54) is 26.4 Å². The van der Waals surface area contributed by atoms with E-state index >= 15 is 0 Å². The number of methoxy groups -OCH3 is 2. The number of aromatic amines is 1. The Morgan fingerprint density at radius 1 is 1.19 bits per heavy atom. The number of ether oxygens (including phenoxy) is 2. The second-order valence-electron chi connectivity index (χ2n) is 3.90. The number of H-pyrrole nitrogens is 1. The first-order valence-corrected chi connectivity index (χ1v) is 5.66. The molecule has 0 saturated heterocycles. The quantitative estimate of drug-likeness (QED) is 0.788. The maximum absolute atomic E-state index is 11.8. The number of nitrogens with one attached hydrogen (secondary N) is 1. The van der Waals surface area contributed by atoms with E-state index in [0.717, 1.165) is 4.68 Å². The predicted molar refractivity (Wildman–Crippen MR) is 70.5 cm³/mol. The maximum atomic E-state index is 11.8. The highest BCUT2D eigenvalue weighted by atomic mass is 16.5. The fourth-order valence-corrected chi connectivity index (χ4v) is 1.63. The molecular formula is C12H11N3O6. The van der Waals surface area contributed by atoms with Crippen molar-refractivity contribution in [2.45, 2.75) is 0 Å². The number of carboxylic acids is 1. The number of benzene rings is 1. The third-order valence-electron chi connectivity index (χ3n) is 2.61. The van der Waals surface area contributed by atoms with Gasteiger partial charge in [-0.15, -0.1) is 0 Å². The van der Waals surface area contributed by atoms with Gasteiger partial charge >= 0.3 is 11.7 Å². The molecule has 9 nitrogen and oxygen atoms in total. The SMILES string of the molecule is COc1cc(OC)cc(-n2nc(C(=O)O)c(=O)[nH]c2=O)c1. The van der Waals surface area contributed by atoms with E-state index < -0.39 is 22.9 Å². The number of aromatic carboxylic acids is 1. The summed E-state index contributed by atoms with van der Waals surface area (Å²) in [6, 6.07) is 4.46. The minimum Gasteiger partial charge on any atom is -0.497 e. The molecule has 0 bridgehead atoms. The number of nitrogens with zero attached hydrogens (tertiary/aromatic N) is 2. The van der Waals surface area contributed by atoms with Crippen LogP contribution in [-0.4, -0.2) is 40.1 Å². The molecule has 0 unspecified atom stereocenters. The van der Waals surface area contributed by atoms with Crippen LogP contribution in [0.15, 0.2) is 27.8 Å². The number of hydrogen-bond acceptors (Lipinski definition) is 6. The van der Waals surface area contributed by atoms with Gasteiger partial charge in [0.05, 0.1) is 19.9 Å². The number of carbonyl (C=O) groups is 1. The van der Waals surface area contributed by atoms with Gasteiger partial charge in [-0.3, -0.25) is 9.78 Å². The fraction of sp³-hybridized carbons (Fsp3) is 0.167. The zero-order valence-corrected chi connectivity index (χ0v) is 11.1. The van der Waals surface area contributed by atoms with E-state index in [0.29, 0.717) is 11.5 Å². The van der Waals surface area contributed by atoms with Gasteiger partial charge in [-0.05, 0) is 0 Å². The molecule has 0 aliphatic carbocycles. The van der Waals surface area contributed by atoms with E-state index in [4.69, 9.17) is 14.6 Å². The van der Waals surface area contributed by atoms with E-state index in [1.807, 2.05) is 4.98 Å². The molecule has 0 aliphatic heterocycles. The third-order valence-corrected chi connectivity index (χ3v) is 2.61. The molecule has 0 radical (unpaired) electrons. The second-order valence-corrected chi connectivity index (χ2v) is 3.90. The molecule has 1 aromatic carbocycles. The summed E-state index contributed by atoms with van der Waals surface area (Å²) in [5.74, 6) is -0.790. The highest BCUT2D eigenvalue weighted by Gasteiger charge is 2.15. The van der Waals surface area contributed by atoms with Crippen LogP contribution in [0.5, 0.6) is 11.5 Å². The lowest BCUT2D eigenvalue weighted by Crippen LogP contribution is -2.35. The van der Waals surface area contributed by atoms with Crippen LogP contribution in [-0.2, 0) is 0 Å². The van der Waals surface area contributed by atoms with Crippen LogP contribution < -0.4 is 20.7 Å². The molecule has 21 heavy (non-hydrogen) atoms. The lowest BCUT2D eigenvalue weighted by Gasteiger charge is -2.09. The van der Waals surface area contributed by atoms with Crippen LogP contribution in [0.25, 0.3) is 5.69 Å².